The molecule has 4 rings (SSSR count). The lowest BCUT2D eigenvalue weighted by atomic mass is 9.43. The molecule has 4 atom stereocenters. The topological polar surface area (TPSA) is 132 Å². The van der Waals surface area contributed by atoms with E-state index in [4.69, 9.17) is 0 Å². The lowest BCUT2D eigenvalue weighted by Gasteiger charge is -2.60. The molecule has 3 aliphatic carbocycles. The van der Waals surface area contributed by atoms with Crippen molar-refractivity contribution < 1.29 is 34.8 Å². The molecule has 7 heteroatoms. The summed E-state index contributed by atoms with van der Waals surface area (Å²) in [6.07, 6.45) is 0.951. The zero-order chi connectivity index (χ0) is 32.1. The van der Waals surface area contributed by atoms with Crippen LogP contribution in [-0.2, 0) is 32.6 Å². The van der Waals surface area contributed by atoms with Gasteiger partial charge >= 0.3 is 0 Å². The van der Waals surface area contributed by atoms with E-state index in [1.54, 1.807) is 6.92 Å². The molecule has 42 heavy (non-hydrogen) atoms. The van der Waals surface area contributed by atoms with Crippen molar-refractivity contribution in [3.63, 3.8) is 0 Å². The molecule has 0 aromatic heterocycles. The Labute approximate surface area is 249 Å². The van der Waals surface area contributed by atoms with Crippen LogP contribution in [0.4, 0.5) is 0 Å². The number of fused-ring (bicyclic) bond motifs is 3. The number of benzene rings is 1. The molecule has 1 aromatic carbocycles. The van der Waals surface area contributed by atoms with Gasteiger partial charge in [0.25, 0.3) is 0 Å². The van der Waals surface area contributed by atoms with E-state index in [0.29, 0.717) is 18.4 Å². The summed E-state index contributed by atoms with van der Waals surface area (Å²) in [5.41, 5.74) is -4.22. The minimum absolute atomic E-state index is 0.0633. The number of ketones is 3. The predicted octanol–water partition coefficient (Wildman–Crippen LogP) is 6.47. The first-order valence-corrected chi connectivity index (χ1v) is 15.1. The normalized spacial score (nSPS) is 30.0. The molecule has 7 nitrogen and oxygen atoms in total. The van der Waals surface area contributed by atoms with E-state index < -0.39 is 67.6 Å². The summed E-state index contributed by atoms with van der Waals surface area (Å²) in [4.78, 5) is 42.2. The SMILES string of the molecule is CCc1cc(C(C)(C)C)c(O)c2c1C[C@]1(C)C[C@]3(C)C(C(C)C)C(=O)C(C(=O)CC(C)(C)C)=C(O)[C@]3(O)C(=O)C1=C2O. The van der Waals surface area contributed by atoms with Gasteiger partial charge in [-0.15, -0.1) is 0 Å². The fourth-order valence-corrected chi connectivity index (χ4v) is 8.25. The van der Waals surface area contributed by atoms with Gasteiger partial charge < -0.3 is 20.4 Å². The number of hydrogen-bond acceptors (Lipinski definition) is 7. The van der Waals surface area contributed by atoms with Crippen molar-refractivity contribution in [3.05, 3.63) is 45.2 Å². The van der Waals surface area contributed by atoms with Crippen molar-refractivity contribution >= 4 is 23.1 Å². The highest BCUT2D eigenvalue weighted by Gasteiger charge is 2.72. The molecule has 0 saturated heterocycles. The molecular formula is C35H48O7. The third-order valence-corrected chi connectivity index (χ3v) is 9.90. The summed E-state index contributed by atoms with van der Waals surface area (Å²) >= 11 is 0. The van der Waals surface area contributed by atoms with Crippen LogP contribution in [0, 0.1) is 28.1 Å². The molecule has 0 heterocycles. The van der Waals surface area contributed by atoms with Gasteiger partial charge in [0, 0.05) is 34.3 Å². The highest BCUT2D eigenvalue weighted by Crippen LogP contribution is 2.65. The number of phenolic OH excluding ortho intramolecular Hbond substituents is 1. The van der Waals surface area contributed by atoms with Crippen molar-refractivity contribution in [2.75, 3.05) is 0 Å². The number of carbonyl (C=O) groups excluding carboxylic acids is 3. The van der Waals surface area contributed by atoms with Crippen LogP contribution in [0.1, 0.15) is 111 Å². The molecule has 0 spiro atoms. The Morgan fingerprint density at radius 1 is 1.05 bits per heavy atom. The zero-order valence-electron chi connectivity index (χ0n) is 27.1. The maximum absolute atomic E-state index is 14.7. The Hall–Kier alpha value is -2.93. The van der Waals surface area contributed by atoms with Crippen molar-refractivity contribution in [2.24, 2.45) is 28.1 Å². The molecule has 1 fully saturated rings. The van der Waals surface area contributed by atoms with Crippen LogP contribution in [0.25, 0.3) is 5.76 Å². The number of aryl methyl sites for hydroxylation is 1. The first kappa shape index (κ1) is 32.0. The average molecular weight is 581 g/mol. The number of rotatable bonds is 4. The maximum Gasteiger partial charge on any atom is 0.203 e. The summed E-state index contributed by atoms with van der Waals surface area (Å²) in [6.45, 7) is 20.5. The van der Waals surface area contributed by atoms with Gasteiger partial charge in [0.1, 0.15) is 22.8 Å². The molecule has 0 radical (unpaired) electrons. The van der Waals surface area contributed by atoms with Gasteiger partial charge in [0.2, 0.25) is 5.78 Å². The monoisotopic (exact) mass is 580 g/mol. The minimum Gasteiger partial charge on any atom is -0.508 e. The molecule has 230 valence electrons. The van der Waals surface area contributed by atoms with Gasteiger partial charge in [-0.2, -0.15) is 0 Å². The van der Waals surface area contributed by atoms with Crippen LogP contribution in [-0.4, -0.2) is 43.4 Å². The second-order valence-corrected chi connectivity index (χ2v) is 16.0. The van der Waals surface area contributed by atoms with Crippen molar-refractivity contribution in [3.8, 4) is 5.75 Å². The molecule has 1 saturated carbocycles. The average Bonchev–Trinajstić information content (AvgIpc) is 2.79. The fourth-order valence-electron chi connectivity index (χ4n) is 8.25. The van der Waals surface area contributed by atoms with Crippen LogP contribution in [0.5, 0.6) is 5.75 Å². The molecule has 4 N–H and O–H groups in total. The van der Waals surface area contributed by atoms with Crippen molar-refractivity contribution in [2.45, 2.75) is 113 Å². The van der Waals surface area contributed by atoms with Gasteiger partial charge in [-0.3, -0.25) is 14.4 Å². The van der Waals surface area contributed by atoms with E-state index in [0.717, 1.165) is 11.1 Å². The Morgan fingerprint density at radius 2 is 1.62 bits per heavy atom. The summed E-state index contributed by atoms with van der Waals surface area (Å²) in [5, 5.41) is 47.4. The lowest BCUT2D eigenvalue weighted by Crippen LogP contribution is -2.69. The second kappa shape index (κ2) is 9.54. The highest BCUT2D eigenvalue weighted by atomic mass is 16.3. The van der Waals surface area contributed by atoms with Crippen LogP contribution in [0.2, 0.25) is 0 Å². The summed E-state index contributed by atoms with van der Waals surface area (Å²) in [6, 6.07) is 1.96. The predicted molar refractivity (Wildman–Crippen MR) is 162 cm³/mol. The molecular weight excluding hydrogens is 532 g/mol. The van der Waals surface area contributed by atoms with E-state index >= 15 is 0 Å². The van der Waals surface area contributed by atoms with Gasteiger partial charge in [-0.05, 0) is 47.1 Å². The molecule has 0 bridgehead atoms. The summed E-state index contributed by atoms with van der Waals surface area (Å²) in [5.74, 6) is -4.89. The van der Waals surface area contributed by atoms with Gasteiger partial charge in [-0.1, -0.05) is 82.2 Å². The van der Waals surface area contributed by atoms with Crippen molar-refractivity contribution in [1.29, 1.82) is 0 Å². The number of Topliss-reactive ketones (excluding diaryl/α,β-unsaturated/α-hetero) is 3. The molecule has 3 aliphatic rings. The number of carbonyl (C=O) groups is 3. The Morgan fingerprint density at radius 3 is 2.10 bits per heavy atom. The molecule has 1 unspecified atom stereocenters. The van der Waals surface area contributed by atoms with E-state index in [1.807, 2.05) is 75.3 Å². The first-order chi connectivity index (χ1) is 19.0. The largest absolute Gasteiger partial charge is 0.508 e. The van der Waals surface area contributed by atoms with Gasteiger partial charge in [0.15, 0.2) is 17.2 Å². The Balaban J connectivity index is 2.08. The number of aliphatic hydroxyl groups excluding tert-OH is 2. The molecule has 0 aliphatic heterocycles. The highest BCUT2D eigenvalue weighted by molar-refractivity contribution is 6.25. The van der Waals surface area contributed by atoms with E-state index in [9.17, 15) is 34.8 Å². The minimum atomic E-state index is -2.62. The van der Waals surface area contributed by atoms with Crippen LogP contribution in [0.15, 0.2) is 23.0 Å². The zero-order valence-corrected chi connectivity index (χ0v) is 27.1. The number of allylic oxidation sites excluding steroid dienone is 1. The second-order valence-electron chi connectivity index (χ2n) is 16.0. The van der Waals surface area contributed by atoms with Crippen LogP contribution < -0.4 is 0 Å². The lowest BCUT2D eigenvalue weighted by molar-refractivity contribution is -0.178. The smallest absolute Gasteiger partial charge is 0.203 e. The van der Waals surface area contributed by atoms with E-state index in [-0.39, 0.29) is 35.6 Å². The van der Waals surface area contributed by atoms with E-state index in [2.05, 4.69) is 0 Å². The third-order valence-electron chi connectivity index (χ3n) is 9.90. The number of aromatic hydroxyl groups is 1. The number of aliphatic hydroxyl groups is 3. The maximum atomic E-state index is 14.7. The molecule has 1 aromatic rings. The third kappa shape index (κ3) is 4.29. The Bertz CT molecular complexity index is 1460. The van der Waals surface area contributed by atoms with Crippen LogP contribution >= 0.6 is 0 Å². The Kier molecular flexibility index (Phi) is 7.26. The first-order valence-electron chi connectivity index (χ1n) is 15.1. The van der Waals surface area contributed by atoms with E-state index in [1.165, 1.54) is 0 Å². The number of hydrogen-bond donors (Lipinski definition) is 4. The summed E-state index contributed by atoms with van der Waals surface area (Å²) < 4.78 is 0. The quantitative estimate of drug-likeness (QED) is 0.300. The van der Waals surface area contributed by atoms with Gasteiger partial charge in [0.05, 0.1) is 5.56 Å². The van der Waals surface area contributed by atoms with Crippen LogP contribution in [0.3, 0.4) is 0 Å². The summed E-state index contributed by atoms with van der Waals surface area (Å²) in [7, 11) is 0. The number of phenols is 1. The standard InChI is InChI=1S/C35H48O7/c1-12-18-13-20(32(7,8)9)26(37)22-19(18)14-33(10)16-34(11)24(17(2)3)28(39)23(21(36)15-31(4,5)6)29(40)35(34,42)30(41)25(33)27(22)38/h13,17,24,37-38,40,42H,12,14-16H2,1-11H3/t24?,33-,34-,35+/m1/s1. The fraction of sp³-hybridized carbons (Fsp3) is 0.629. The molecule has 0 amide bonds. The van der Waals surface area contributed by atoms with Crippen molar-refractivity contribution in [1.82, 2.24) is 0 Å². The van der Waals surface area contributed by atoms with Gasteiger partial charge in [-0.25, -0.2) is 0 Å².